The summed E-state index contributed by atoms with van der Waals surface area (Å²) in [6, 6.07) is 57.5. The normalized spacial score (nSPS) is 16.7. The van der Waals surface area contributed by atoms with Gasteiger partial charge in [0.2, 0.25) is 0 Å². The van der Waals surface area contributed by atoms with Gasteiger partial charge in [-0.3, -0.25) is 0 Å². The first kappa shape index (κ1) is 79.9. The van der Waals surface area contributed by atoms with Crippen LogP contribution in [0.5, 0.6) is 0 Å². The number of benzene rings is 4. The molecule has 4 aromatic heterocycles. The van der Waals surface area contributed by atoms with Crippen molar-refractivity contribution in [2.24, 2.45) is 23.7 Å². The van der Waals surface area contributed by atoms with Crippen LogP contribution in [0, 0.1) is 47.9 Å². The maximum atomic E-state index is 6.15. The van der Waals surface area contributed by atoms with Crippen LogP contribution in [0.3, 0.4) is 0 Å². The van der Waals surface area contributed by atoms with Crippen molar-refractivity contribution in [1.29, 1.82) is 0 Å². The van der Waals surface area contributed by atoms with Gasteiger partial charge in [-0.05, 0) is 177 Å². The molecule has 3 aliphatic rings. The van der Waals surface area contributed by atoms with E-state index in [0.29, 0.717) is 23.7 Å². The van der Waals surface area contributed by atoms with Crippen molar-refractivity contribution in [2.75, 3.05) is 0 Å². The summed E-state index contributed by atoms with van der Waals surface area (Å²) in [6.45, 7) is 42.2. The maximum absolute atomic E-state index is 6.15. The molecule has 0 atom stereocenters. The van der Waals surface area contributed by atoms with Crippen molar-refractivity contribution < 1.29 is 68.1 Å². The molecule has 3 fully saturated rings. The minimum atomic E-state index is -0.476. The summed E-state index contributed by atoms with van der Waals surface area (Å²) in [5.41, 5.74) is 12.0. The van der Waals surface area contributed by atoms with Gasteiger partial charge in [0, 0.05) is 65.0 Å². The number of hydrogen-bond donors (Lipinski definition) is 0. The first-order valence-corrected chi connectivity index (χ1v) is 33.5. The topological polar surface area (TPSA) is 107 Å². The Morgan fingerprint density at radius 1 is 0.351 bits per heavy atom. The molecule has 0 N–H and O–H groups in total. The van der Waals surface area contributed by atoms with Crippen LogP contribution in [0.2, 0.25) is 0 Å². The third-order valence-corrected chi connectivity index (χ3v) is 17.8. The molecule has 16 heteroatoms. The summed E-state index contributed by atoms with van der Waals surface area (Å²) < 4.78 is 37.2. The van der Waals surface area contributed by atoms with Gasteiger partial charge in [0.15, 0.2) is 0 Å². The van der Waals surface area contributed by atoms with Crippen molar-refractivity contribution in [3.05, 3.63) is 209 Å². The van der Waals surface area contributed by atoms with Crippen LogP contribution < -0.4 is 5.46 Å². The predicted molar refractivity (Wildman–Crippen MR) is 384 cm³/mol. The Balaban J connectivity index is 0.000000214. The standard InChI is InChI=1S/C21H27BNO2.C15H15BrN.2C15H16N.C12H24B2O4.2Ir/c1-15(2)12-16-10-11-19(23-14-16)17-8-7-9-18(13-17)22-24-20(3,4)21(5,6)25-22;1-11(2)8-12-6-7-15(17-10-12)13-4-3-5-14(16)9-13;2*1-12(2)10-13-8-9-15(16-11-13)14-6-4-3-5-7-14;1-9(2)10(3,4)16-13(15-9)14-17-11(5,6)12(7,8)18-14;;/h7,9-11,13-15H,12H2,1-6H3;3,5-7,9-11H,8H2,1-2H3;2*3-6,8-9,11-12H,10H2,1-2H3;1-8H3;;/q4*-1;;;. The third kappa shape index (κ3) is 22.9. The SMILES string of the molecule is CC(C)Cc1ccc(-c2[c-]ccc(B3OC(C)(C)C(C)(C)O3)c2)nc1.CC(C)Cc1ccc(-c2[c-]ccc(Br)c2)nc1.CC(C)Cc1ccc(-c2[c-]cccc2)nc1.CC(C)Cc1ccc(-c2[c-]cccc2)nc1.CC1(C)OB(B2OC(C)(C)C(C)(C)O2)OC1(C)C.[Ir].[Ir]. The minimum absolute atomic E-state index is 0. The summed E-state index contributed by atoms with van der Waals surface area (Å²) in [7, 11) is -1.31. The molecule has 0 aliphatic carbocycles. The smallest absolute Gasteiger partial charge is 0.405 e. The van der Waals surface area contributed by atoms with Crippen LogP contribution in [0.15, 0.2) is 163 Å². The summed E-state index contributed by atoms with van der Waals surface area (Å²) >= 11 is 3.46. The van der Waals surface area contributed by atoms with Gasteiger partial charge in [-0.2, -0.15) is 0 Å². The van der Waals surface area contributed by atoms with E-state index in [9.17, 15) is 0 Å². The average Bonchev–Trinajstić information content (AvgIpc) is 1.55. The van der Waals surface area contributed by atoms with Gasteiger partial charge >= 0.3 is 21.1 Å². The van der Waals surface area contributed by atoms with E-state index in [-0.39, 0.29) is 80.9 Å². The summed E-state index contributed by atoms with van der Waals surface area (Å²) in [5.74, 6) is 2.65. The maximum Gasteiger partial charge on any atom is 0.488 e. The van der Waals surface area contributed by atoms with Crippen LogP contribution >= 0.6 is 15.9 Å². The summed E-state index contributed by atoms with van der Waals surface area (Å²) in [6.07, 6.45) is 12.2. The van der Waals surface area contributed by atoms with Crippen LogP contribution in [0.25, 0.3) is 45.0 Å². The minimum Gasteiger partial charge on any atom is -0.405 e. The van der Waals surface area contributed by atoms with E-state index in [1.54, 1.807) is 0 Å². The summed E-state index contributed by atoms with van der Waals surface area (Å²) in [5, 5.41) is 0. The first-order valence-electron chi connectivity index (χ1n) is 32.7. The molecule has 3 aliphatic heterocycles. The fraction of sp³-hybridized carbons (Fsp3) is 0.436. The molecule has 504 valence electrons. The Morgan fingerprint density at radius 2 is 0.638 bits per heavy atom. The molecule has 0 saturated carbocycles. The molecule has 10 nitrogen and oxygen atoms in total. The van der Waals surface area contributed by atoms with E-state index in [2.05, 4.69) is 198 Å². The van der Waals surface area contributed by atoms with Crippen LogP contribution in [-0.4, -0.2) is 74.7 Å². The van der Waals surface area contributed by atoms with Crippen molar-refractivity contribution in [3.8, 4) is 45.0 Å². The quantitative estimate of drug-likeness (QED) is 0.0772. The van der Waals surface area contributed by atoms with Crippen LogP contribution in [-0.2, 0) is 93.8 Å². The Hall–Kier alpha value is -4.79. The fourth-order valence-corrected chi connectivity index (χ4v) is 10.5. The first-order chi connectivity index (χ1) is 43.2. The number of pyridine rings is 4. The molecule has 4 aromatic carbocycles. The van der Waals surface area contributed by atoms with Gasteiger partial charge in [-0.25, -0.2) is 0 Å². The van der Waals surface area contributed by atoms with E-state index in [1.165, 1.54) is 22.3 Å². The second-order valence-corrected chi connectivity index (χ2v) is 29.9. The van der Waals surface area contributed by atoms with Crippen LogP contribution in [0.1, 0.15) is 161 Å². The summed E-state index contributed by atoms with van der Waals surface area (Å²) in [4.78, 5) is 18.0. The zero-order valence-corrected chi connectivity index (χ0v) is 65.5. The number of rotatable bonds is 14. The molecule has 94 heavy (non-hydrogen) atoms. The molecule has 2 radical (unpaired) electrons. The molecular weight excluding hydrogens is 1590 g/mol. The second-order valence-electron chi connectivity index (χ2n) is 28.9. The Labute approximate surface area is 601 Å². The molecule has 0 amide bonds. The molecule has 11 rings (SSSR count). The van der Waals surface area contributed by atoms with Gasteiger partial charge < -0.3 is 47.9 Å². The van der Waals surface area contributed by atoms with Crippen LogP contribution in [0.4, 0.5) is 0 Å². The number of halogens is 1. The molecular formula is C78H98B3BrIr2N4O6-4. The van der Waals surface area contributed by atoms with Gasteiger partial charge in [0.25, 0.3) is 0 Å². The Morgan fingerprint density at radius 3 is 0.915 bits per heavy atom. The molecule has 3 saturated heterocycles. The van der Waals surface area contributed by atoms with E-state index in [4.69, 9.17) is 27.9 Å². The molecule has 8 aromatic rings. The molecule has 0 unspecified atom stereocenters. The van der Waals surface area contributed by atoms with Crippen molar-refractivity contribution in [1.82, 2.24) is 19.9 Å². The Bertz CT molecular complexity index is 3370. The van der Waals surface area contributed by atoms with Crippen molar-refractivity contribution in [3.63, 3.8) is 0 Å². The largest absolute Gasteiger partial charge is 0.488 e. The zero-order chi connectivity index (χ0) is 67.2. The number of hydrogen-bond acceptors (Lipinski definition) is 10. The van der Waals surface area contributed by atoms with E-state index < -0.39 is 14.0 Å². The predicted octanol–water partition coefficient (Wildman–Crippen LogP) is 18.3. The average molecular weight is 1680 g/mol. The number of nitrogens with zero attached hydrogens (tertiary/aromatic N) is 4. The second kappa shape index (κ2) is 35.1. The molecule has 0 spiro atoms. The number of aromatic nitrogens is 4. The van der Waals surface area contributed by atoms with Gasteiger partial charge in [0.1, 0.15) is 0 Å². The van der Waals surface area contributed by atoms with Crippen molar-refractivity contribution in [2.45, 2.75) is 198 Å². The van der Waals surface area contributed by atoms with E-state index in [1.807, 2.05) is 159 Å². The Kier molecular flexibility index (Phi) is 29.9. The third-order valence-electron chi connectivity index (χ3n) is 17.3. The van der Waals surface area contributed by atoms with Gasteiger partial charge in [0.05, 0.1) is 33.6 Å². The zero-order valence-electron chi connectivity index (χ0n) is 59.2. The monoisotopic (exact) mass is 1680 g/mol. The van der Waals surface area contributed by atoms with Gasteiger partial charge in [-0.15, -0.1) is 137 Å². The van der Waals surface area contributed by atoms with E-state index >= 15 is 0 Å². The molecule has 0 bridgehead atoms. The van der Waals surface area contributed by atoms with E-state index in [0.717, 1.165) is 80.6 Å². The fourth-order valence-electron chi connectivity index (χ4n) is 10.2. The molecule has 7 heterocycles. The van der Waals surface area contributed by atoms with Gasteiger partial charge in [-0.1, -0.05) is 124 Å². The van der Waals surface area contributed by atoms with Crippen molar-refractivity contribution >= 4 is 42.5 Å².